The molecule has 1 amide bonds. The van der Waals surface area contributed by atoms with E-state index in [1.54, 1.807) is 18.2 Å². The van der Waals surface area contributed by atoms with Gasteiger partial charge in [0.05, 0.1) is 13.2 Å². The van der Waals surface area contributed by atoms with Gasteiger partial charge in [-0.2, -0.15) is 13.2 Å². The first kappa shape index (κ1) is 15.8. The summed E-state index contributed by atoms with van der Waals surface area (Å²) < 4.78 is 43.2. The number of aliphatic hydroxyl groups is 1. The number of benzene rings is 1. The lowest BCUT2D eigenvalue weighted by Crippen LogP contribution is -2.48. The van der Waals surface area contributed by atoms with Crippen molar-refractivity contribution in [2.75, 3.05) is 20.2 Å². The van der Waals surface area contributed by atoms with E-state index in [2.05, 4.69) is 0 Å². The average molecular weight is 303 g/mol. The normalized spacial score (nSPS) is 22.6. The van der Waals surface area contributed by atoms with Crippen LogP contribution in [0.2, 0.25) is 0 Å². The van der Waals surface area contributed by atoms with E-state index in [-0.39, 0.29) is 12.1 Å². The lowest BCUT2D eigenvalue weighted by molar-refractivity contribution is -0.253. The zero-order valence-electron chi connectivity index (χ0n) is 11.5. The second-order valence-electron chi connectivity index (χ2n) is 5.14. The molecule has 1 aromatic rings. The van der Waals surface area contributed by atoms with Crippen LogP contribution in [0.5, 0.6) is 0 Å². The van der Waals surface area contributed by atoms with Gasteiger partial charge in [-0.25, -0.2) is 0 Å². The number of methoxy groups -OCH3 is 1. The van der Waals surface area contributed by atoms with Crippen molar-refractivity contribution in [3.8, 4) is 0 Å². The van der Waals surface area contributed by atoms with Gasteiger partial charge >= 0.3 is 6.18 Å². The van der Waals surface area contributed by atoms with E-state index >= 15 is 0 Å². The highest BCUT2D eigenvalue weighted by molar-refractivity contribution is 5.94. The van der Waals surface area contributed by atoms with Gasteiger partial charge in [-0.15, -0.1) is 0 Å². The summed E-state index contributed by atoms with van der Waals surface area (Å²) in [6.07, 6.45) is -5.24. The summed E-state index contributed by atoms with van der Waals surface area (Å²) in [7, 11) is 1.51. The molecular weight excluding hydrogens is 287 g/mol. The molecule has 1 saturated heterocycles. The fourth-order valence-electron chi connectivity index (χ4n) is 2.34. The van der Waals surface area contributed by atoms with Crippen LogP contribution in [0.3, 0.4) is 0 Å². The SMILES string of the molecule is COCc1cccc(C(=O)N2CC[C@@](O)(C(F)(F)F)C2)c1. The molecule has 1 fully saturated rings. The van der Waals surface area contributed by atoms with Crippen molar-refractivity contribution in [1.29, 1.82) is 0 Å². The molecule has 0 saturated carbocycles. The highest BCUT2D eigenvalue weighted by Gasteiger charge is 2.57. The summed E-state index contributed by atoms with van der Waals surface area (Å²) >= 11 is 0. The fourth-order valence-corrected chi connectivity index (χ4v) is 2.34. The summed E-state index contributed by atoms with van der Waals surface area (Å²) in [6, 6.07) is 6.52. The molecule has 0 bridgehead atoms. The molecule has 1 heterocycles. The van der Waals surface area contributed by atoms with Crippen molar-refractivity contribution >= 4 is 5.91 Å². The molecule has 116 valence electrons. The Labute approximate surface area is 120 Å². The van der Waals surface area contributed by atoms with Crippen LogP contribution in [0.1, 0.15) is 22.3 Å². The molecule has 1 aliphatic rings. The summed E-state index contributed by atoms with van der Waals surface area (Å²) in [5.41, 5.74) is -1.77. The van der Waals surface area contributed by atoms with E-state index in [4.69, 9.17) is 4.74 Å². The van der Waals surface area contributed by atoms with E-state index in [0.717, 1.165) is 10.5 Å². The predicted molar refractivity (Wildman–Crippen MR) is 68.7 cm³/mol. The lowest BCUT2D eigenvalue weighted by atomic mass is 10.0. The van der Waals surface area contributed by atoms with Gasteiger partial charge in [0.2, 0.25) is 0 Å². The molecule has 7 heteroatoms. The van der Waals surface area contributed by atoms with Crippen molar-refractivity contribution in [2.24, 2.45) is 0 Å². The van der Waals surface area contributed by atoms with Crippen LogP contribution in [0.25, 0.3) is 0 Å². The minimum Gasteiger partial charge on any atom is -0.380 e. The van der Waals surface area contributed by atoms with E-state index in [1.165, 1.54) is 13.2 Å². The number of likely N-dealkylation sites (tertiary alicyclic amines) is 1. The van der Waals surface area contributed by atoms with E-state index in [0.29, 0.717) is 6.61 Å². The molecule has 1 N–H and O–H groups in total. The number of β-amino-alcohol motifs (C(OH)–C–C–N with tert-alkyl or cyclic N) is 1. The number of alkyl halides is 3. The van der Waals surface area contributed by atoms with Crippen LogP contribution >= 0.6 is 0 Å². The molecule has 0 radical (unpaired) electrons. The van der Waals surface area contributed by atoms with Gasteiger partial charge in [-0.05, 0) is 17.7 Å². The zero-order chi connectivity index (χ0) is 15.7. The first-order valence-electron chi connectivity index (χ1n) is 6.43. The first-order chi connectivity index (χ1) is 9.77. The Kier molecular flexibility index (Phi) is 4.25. The number of rotatable bonds is 3. The number of hydrogen-bond acceptors (Lipinski definition) is 3. The molecular formula is C14H16F3NO3. The largest absolute Gasteiger partial charge is 0.419 e. The molecule has 4 nitrogen and oxygen atoms in total. The molecule has 0 unspecified atom stereocenters. The van der Waals surface area contributed by atoms with Gasteiger partial charge in [-0.3, -0.25) is 4.79 Å². The Hall–Kier alpha value is -1.60. The third-order valence-electron chi connectivity index (χ3n) is 3.55. The highest BCUT2D eigenvalue weighted by atomic mass is 19.4. The van der Waals surface area contributed by atoms with Crippen LogP contribution in [0, 0.1) is 0 Å². The van der Waals surface area contributed by atoms with Crippen molar-refractivity contribution in [3.63, 3.8) is 0 Å². The van der Waals surface area contributed by atoms with Gasteiger partial charge in [0.25, 0.3) is 5.91 Å². The number of ether oxygens (including phenoxy) is 1. The molecule has 21 heavy (non-hydrogen) atoms. The molecule has 0 aliphatic carbocycles. The van der Waals surface area contributed by atoms with Gasteiger partial charge in [0, 0.05) is 25.6 Å². The second-order valence-corrected chi connectivity index (χ2v) is 5.14. The first-order valence-corrected chi connectivity index (χ1v) is 6.43. The molecule has 0 spiro atoms. The maximum atomic E-state index is 12.7. The van der Waals surface area contributed by atoms with Crippen molar-refractivity contribution in [3.05, 3.63) is 35.4 Å². The van der Waals surface area contributed by atoms with E-state index in [1.807, 2.05) is 0 Å². The predicted octanol–water partition coefficient (Wildman–Crippen LogP) is 1.97. The van der Waals surface area contributed by atoms with Gasteiger partial charge < -0.3 is 14.7 Å². The topological polar surface area (TPSA) is 49.8 Å². The summed E-state index contributed by atoms with van der Waals surface area (Å²) in [5.74, 6) is -0.520. The smallest absolute Gasteiger partial charge is 0.380 e. The number of amides is 1. The number of nitrogens with zero attached hydrogens (tertiary/aromatic N) is 1. The summed E-state index contributed by atoms with van der Waals surface area (Å²) in [5, 5.41) is 9.59. The Balaban J connectivity index is 2.13. The number of carbonyl (C=O) groups excluding carboxylic acids is 1. The monoisotopic (exact) mass is 303 g/mol. The Morgan fingerprint density at radius 1 is 1.48 bits per heavy atom. The maximum Gasteiger partial charge on any atom is 0.419 e. The Morgan fingerprint density at radius 3 is 2.76 bits per heavy atom. The quantitative estimate of drug-likeness (QED) is 0.929. The van der Waals surface area contributed by atoms with Crippen LogP contribution in [0.15, 0.2) is 24.3 Å². The molecule has 1 aromatic carbocycles. The van der Waals surface area contributed by atoms with Crippen molar-refractivity contribution in [2.45, 2.75) is 24.8 Å². The van der Waals surface area contributed by atoms with Crippen LogP contribution < -0.4 is 0 Å². The second kappa shape index (κ2) is 5.65. The zero-order valence-corrected chi connectivity index (χ0v) is 11.5. The minimum absolute atomic E-state index is 0.122. The van der Waals surface area contributed by atoms with Gasteiger partial charge in [-0.1, -0.05) is 12.1 Å². The van der Waals surface area contributed by atoms with Crippen molar-refractivity contribution < 1.29 is 27.8 Å². The third kappa shape index (κ3) is 3.19. The number of carbonyl (C=O) groups is 1. The Morgan fingerprint density at radius 2 is 2.19 bits per heavy atom. The molecule has 2 rings (SSSR count). The van der Waals surface area contributed by atoms with Gasteiger partial charge in [0.15, 0.2) is 5.60 Å². The van der Waals surface area contributed by atoms with E-state index in [9.17, 15) is 23.1 Å². The lowest BCUT2D eigenvalue weighted by Gasteiger charge is -2.26. The molecule has 1 atom stereocenters. The summed E-state index contributed by atoms with van der Waals surface area (Å²) in [4.78, 5) is 13.3. The number of hydrogen-bond donors (Lipinski definition) is 1. The van der Waals surface area contributed by atoms with Crippen LogP contribution in [-0.4, -0.2) is 47.9 Å². The maximum absolute atomic E-state index is 12.7. The Bertz CT molecular complexity index is 532. The van der Waals surface area contributed by atoms with Crippen molar-refractivity contribution in [1.82, 2.24) is 4.90 Å². The minimum atomic E-state index is -4.74. The third-order valence-corrected chi connectivity index (χ3v) is 3.55. The fraction of sp³-hybridized carbons (Fsp3) is 0.500. The molecule has 0 aromatic heterocycles. The summed E-state index contributed by atoms with van der Waals surface area (Å²) in [6.45, 7) is -0.541. The van der Waals surface area contributed by atoms with E-state index < -0.39 is 30.7 Å². The standard InChI is InChI=1S/C14H16F3NO3/c1-21-8-10-3-2-4-11(7-10)12(19)18-6-5-13(20,9-18)14(15,16)17/h2-4,7,20H,5-6,8-9H2,1H3/t13-/m0/s1. The van der Waals surface area contributed by atoms with Gasteiger partial charge in [0.1, 0.15) is 0 Å². The molecule has 1 aliphatic heterocycles. The van der Waals surface area contributed by atoms with Crippen LogP contribution in [0.4, 0.5) is 13.2 Å². The average Bonchev–Trinajstić information content (AvgIpc) is 2.82. The highest BCUT2D eigenvalue weighted by Crippen LogP contribution is 2.37. The number of halogens is 3. The van der Waals surface area contributed by atoms with Crippen LogP contribution in [-0.2, 0) is 11.3 Å².